The highest BCUT2D eigenvalue weighted by atomic mass is 16.1. The second-order valence-electron chi connectivity index (χ2n) is 5.05. The van der Waals surface area contributed by atoms with Crippen molar-refractivity contribution in [1.29, 1.82) is 0 Å². The second-order valence-corrected chi connectivity index (χ2v) is 5.05. The summed E-state index contributed by atoms with van der Waals surface area (Å²) in [5, 5.41) is 0. The third-order valence-electron chi connectivity index (χ3n) is 3.64. The number of carbonyl (C=O) groups excluding carboxylic acids is 2. The standard InChI is InChI=1S/C14H18N2O2/c1-8-3-2-4-9-10(13(15)17)5-6-11(14(16)18)12(9)7-8/h5-6,8H,2-4,7H2,1H3,(H2,15,17)(H2,16,18). The molecule has 2 rings (SSSR count). The molecule has 0 aromatic heterocycles. The summed E-state index contributed by atoms with van der Waals surface area (Å²) in [4.78, 5) is 22.9. The Morgan fingerprint density at radius 3 is 2.22 bits per heavy atom. The summed E-state index contributed by atoms with van der Waals surface area (Å²) in [5.41, 5.74) is 13.7. The van der Waals surface area contributed by atoms with Gasteiger partial charge in [-0.3, -0.25) is 9.59 Å². The van der Waals surface area contributed by atoms with Gasteiger partial charge in [-0.05, 0) is 48.4 Å². The number of carbonyl (C=O) groups is 2. The van der Waals surface area contributed by atoms with E-state index < -0.39 is 11.8 Å². The van der Waals surface area contributed by atoms with E-state index in [0.717, 1.165) is 36.8 Å². The molecule has 1 atom stereocenters. The number of amides is 2. The molecule has 0 aliphatic heterocycles. The molecule has 1 aliphatic carbocycles. The van der Waals surface area contributed by atoms with Crippen LogP contribution in [-0.2, 0) is 12.8 Å². The Morgan fingerprint density at radius 2 is 1.67 bits per heavy atom. The minimum Gasteiger partial charge on any atom is -0.366 e. The van der Waals surface area contributed by atoms with Gasteiger partial charge in [-0.15, -0.1) is 0 Å². The summed E-state index contributed by atoms with van der Waals surface area (Å²) in [5.74, 6) is -0.374. The molecular weight excluding hydrogens is 228 g/mol. The molecule has 0 heterocycles. The van der Waals surface area contributed by atoms with Crippen molar-refractivity contribution in [3.63, 3.8) is 0 Å². The van der Waals surface area contributed by atoms with Crippen molar-refractivity contribution in [2.45, 2.75) is 32.6 Å². The number of fused-ring (bicyclic) bond motifs is 1. The lowest BCUT2D eigenvalue weighted by Gasteiger charge is -2.15. The Labute approximate surface area is 106 Å². The molecule has 1 aliphatic rings. The molecule has 18 heavy (non-hydrogen) atoms. The van der Waals surface area contributed by atoms with Crippen LogP contribution in [0.15, 0.2) is 12.1 Å². The van der Waals surface area contributed by atoms with Crippen molar-refractivity contribution in [2.24, 2.45) is 17.4 Å². The Bertz CT molecular complexity index is 509. The van der Waals surface area contributed by atoms with Crippen LogP contribution in [0.3, 0.4) is 0 Å². The van der Waals surface area contributed by atoms with E-state index in [4.69, 9.17) is 11.5 Å². The average molecular weight is 246 g/mol. The fraction of sp³-hybridized carbons (Fsp3) is 0.429. The summed E-state index contributed by atoms with van der Waals surface area (Å²) in [6.45, 7) is 2.15. The van der Waals surface area contributed by atoms with E-state index in [1.54, 1.807) is 12.1 Å². The van der Waals surface area contributed by atoms with E-state index in [1.807, 2.05) is 0 Å². The lowest BCUT2D eigenvalue weighted by Crippen LogP contribution is -2.20. The molecule has 0 bridgehead atoms. The number of primary amides is 2. The van der Waals surface area contributed by atoms with Gasteiger partial charge >= 0.3 is 0 Å². The first-order valence-corrected chi connectivity index (χ1v) is 6.25. The number of benzene rings is 1. The zero-order chi connectivity index (χ0) is 13.3. The Morgan fingerprint density at radius 1 is 1.11 bits per heavy atom. The highest BCUT2D eigenvalue weighted by Gasteiger charge is 2.22. The second kappa shape index (κ2) is 4.80. The average Bonchev–Trinajstić information content (AvgIpc) is 2.47. The van der Waals surface area contributed by atoms with Crippen LogP contribution in [0.4, 0.5) is 0 Å². The topological polar surface area (TPSA) is 86.2 Å². The van der Waals surface area contributed by atoms with Crippen molar-refractivity contribution in [2.75, 3.05) is 0 Å². The normalized spacial score (nSPS) is 18.8. The predicted octanol–water partition coefficient (Wildman–Crippen LogP) is 1.40. The fourth-order valence-electron chi connectivity index (χ4n) is 2.75. The van der Waals surface area contributed by atoms with Crippen LogP contribution in [0, 0.1) is 5.92 Å². The van der Waals surface area contributed by atoms with Gasteiger partial charge in [0.1, 0.15) is 0 Å². The van der Waals surface area contributed by atoms with Crippen molar-refractivity contribution in [3.05, 3.63) is 34.4 Å². The number of hydrogen-bond donors (Lipinski definition) is 2. The monoisotopic (exact) mass is 246 g/mol. The van der Waals surface area contributed by atoms with Crippen LogP contribution in [-0.4, -0.2) is 11.8 Å². The van der Waals surface area contributed by atoms with Crippen LogP contribution in [0.2, 0.25) is 0 Å². The van der Waals surface area contributed by atoms with Crippen molar-refractivity contribution in [1.82, 2.24) is 0 Å². The molecule has 4 N–H and O–H groups in total. The van der Waals surface area contributed by atoms with E-state index >= 15 is 0 Å². The maximum Gasteiger partial charge on any atom is 0.248 e. The molecular formula is C14H18N2O2. The van der Waals surface area contributed by atoms with Crippen molar-refractivity contribution < 1.29 is 9.59 Å². The third-order valence-corrected chi connectivity index (χ3v) is 3.64. The molecule has 2 amide bonds. The molecule has 4 nitrogen and oxygen atoms in total. The molecule has 4 heteroatoms. The van der Waals surface area contributed by atoms with Gasteiger partial charge in [0.2, 0.25) is 11.8 Å². The Hall–Kier alpha value is -1.84. The summed E-state index contributed by atoms with van der Waals surface area (Å²) in [6, 6.07) is 3.25. The van der Waals surface area contributed by atoms with Gasteiger partial charge in [-0.2, -0.15) is 0 Å². The van der Waals surface area contributed by atoms with E-state index in [0.29, 0.717) is 17.0 Å². The molecule has 1 unspecified atom stereocenters. The molecule has 1 aromatic carbocycles. The zero-order valence-electron chi connectivity index (χ0n) is 10.5. The third kappa shape index (κ3) is 2.23. The number of hydrogen-bond acceptors (Lipinski definition) is 2. The predicted molar refractivity (Wildman–Crippen MR) is 69.3 cm³/mol. The van der Waals surface area contributed by atoms with E-state index in [1.165, 1.54) is 0 Å². The lowest BCUT2D eigenvalue weighted by atomic mass is 9.90. The number of nitrogens with two attached hydrogens (primary N) is 2. The minimum atomic E-state index is -0.434. The van der Waals surface area contributed by atoms with Crippen LogP contribution in [0.5, 0.6) is 0 Å². The molecule has 1 aromatic rings. The first kappa shape index (κ1) is 12.6. The zero-order valence-corrected chi connectivity index (χ0v) is 10.5. The summed E-state index contributed by atoms with van der Waals surface area (Å²) in [7, 11) is 0. The maximum atomic E-state index is 11.5. The molecule has 96 valence electrons. The van der Waals surface area contributed by atoms with Crippen LogP contribution >= 0.6 is 0 Å². The van der Waals surface area contributed by atoms with Crippen molar-refractivity contribution >= 4 is 11.8 Å². The largest absolute Gasteiger partial charge is 0.366 e. The van der Waals surface area contributed by atoms with E-state index in [9.17, 15) is 9.59 Å². The molecule has 0 saturated carbocycles. The number of rotatable bonds is 2. The molecule has 0 radical (unpaired) electrons. The highest BCUT2D eigenvalue weighted by molar-refractivity contribution is 5.99. The summed E-state index contributed by atoms with van der Waals surface area (Å²) in [6.07, 6.45) is 3.68. The van der Waals surface area contributed by atoms with Gasteiger partial charge < -0.3 is 11.5 Å². The highest BCUT2D eigenvalue weighted by Crippen LogP contribution is 2.29. The quantitative estimate of drug-likeness (QED) is 0.773. The maximum absolute atomic E-state index is 11.5. The molecule has 0 saturated heterocycles. The lowest BCUT2D eigenvalue weighted by molar-refractivity contribution is 0.0986. The first-order valence-electron chi connectivity index (χ1n) is 6.25. The Balaban J connectivity index is 2.63. The SMILES string of the molecule is CC1CCCc2c(C(N)=O)ccc(C(N)=O)c2C1. The van der Waals surface area contributed by atoms with Gasteiger partial charge in [-0.1, -0.05) is 13.3 Å². The molecule has 0 spiro atoms. The summed E-state index contributed by atoms with van der Waals surface area (Å²) < 4.78 is 0. The van der Waals surface area contributed by atoms with E-state index in [-0.39, 0.29) is 0 Å². The Kier molecular flexibility index (Phi) is 3.36. The smallest absolute Gasteiger partial charge is 0.248 e. The minimum absolute atomic E-state index is 0.433. The van der Waals surface area contributed by atoms with Gasteiger partial charge in [0.15, 0.2) is 0 Å². The van der Waals surface area contributed by atoms with E-state index in [2.05, 4.69) is 6.92 Å². The van der Waals surface area contributed by atoms with Crippen LogP contribution in [0.1, 0.15) is 51.6 Å². The molecule has 0 fully saturated rings. The first-order chi connectivity index (χ1) is 8.50. The fourth-order valence-corrected chi connectivity index (χ4v) is 2.75. The van der Waals surface area contributed by atoms with Gasteiger partial charge in [0.25, 0.3) is 0 Å². The van der Waals surface area contributed by atoms with Crippen LogP contribution < -0.4 is 11.5 Å². The van der Waals surface area contributed by atoms with Gasteiger partial charge in [-0.25, -0.2) is 0 Å². The van der Waals surface area contributed by atoms with Gasteiger partial charge in [0.05, 0.1) is 0 Å². The summed E-state index contributed by atoms with van der Waals surface area (Å²) >= 11 is 0. The van der Waals surface area contributed by atoms with Crippen LogP contribution in [0.25, 0.3) is 0 Å². The van der Waals surface area contributed by atoms with Gasteiger partial charge in [0, 0.05) is 11.1 Å². The van der Waals surface area contributed by atoms with Crippen molar-refractivity contribution in [3.8, 4) is 0 Å².